The SMILES string of the molecule is C[C@@H](S)c1ccc(F)cc1. The summed E-state index contributed by atoms with van der Waals surface area (Å²) in [5, 5.41) is 0.181. The van der Waals surface area contributed by atoms with Crippen LogP contribution in [0.15, 0.2) is 24.3 Å². The molecule has 0 aliphatic rings. The minimum atomic E-state index is -0.197. The zero-order valence-electron chi connectivity index (χ0n) is 5.71. The highest BCUT2D eigenvalue weighted by molar-refractivity contribution is 7.80. The summed E-state index contributed by atoms with van der Waals surface area (Å²) in [6, 6.07) is 6.38. The minimum Gasteiger partial charge on any atom is -0.207 e. The van der Waals surface area contributed by atoms with Gasteiger partial charge < -0.3 is 0 Å². The number of rotatable bonds is 1. The summed E-state index contributed by atoms with van der Waals surface area (Å²) in [6.45, 7) is 1.95. The van der Waals surface area contributed by atoms with E-state index in [2.05, 4.69) is 12.6 Å². The molecule has 0 unspecified atom stereocenters. The van der Waals surface area contributed by atoms with Crippen molar-refractivity contribution >= 4 is 12.6 Å². The molecule has 0 aromatic heterocycles. The van der Waals surface area contributed by atoms with Crippen LogP contribution in [0.4, 0.5) is 4.39 Å². The third-order valence-electron chi connectivity index (χ3n) is 1.35. The zero-order valence-corrected chi connectivity index (χ0v) is 6.61. The minimum absolute atomic E-state index is 0.181. The Morgan fingerprint density at radius 1 is 1.30 bits per heavy atom. The van der Waals surface area contributed by atoms with Gasteiger partial charge in [0.05, 0.1) is 0 Å². The number of halogens is 1. The Bertz CT molecular complexity index is 203. The van der Waals surface area contributed by atoms with Crippen LogP contribution >= 0.6 is 12.6 Å². The molecule has 0 fully saturated rings. The molecule has 0 amide bonds. The van der Waals surface area contributed by atoms with Crippen LogP contribution < -0.4 is 0 Å². The lowest BCUT2D eigenvalue weighted by molar-refractivity contribution is 0.627. The van der Waals surface area contributed by atoms with E-state index in [4.69, 9.17) is 0 Å². The maximum absolute atomic E-state index is 12.3. The zero-order chi connectivity index (χ0) is 7.56. The van der Waals surface area contributed by atoms with E-state index >= 15 is 0 Å². The molecule has 1 rings (SSSR count). The van der Waals surface area contributed by atoms with E-state index in [0.29, 0.717) is 0 Å². The Balaban J connectivity index is 2.89. The van der Waals surface area contributed by atoms with Gasteiger partial charge in [-0.05, 0) is 24.6 Å². The van der Waals surface area contributed by atoms with Crippen molar-refractivity contribution in [3.8, 4) is 0 Å². The Kier molecular flexibility index (Phi) is 2.33. The van der Waals surface area contributed by atoms with Gasteiger partial charge in [-0.25, -0.2) is 4.39 Å². The van der Waals surface area contributed by atoms with E-state index in [-0.39, 0.29) is 11.1 Å². The van der Waals surface area contributed by atoms with Gasteiger partial charge in [0, 0.05) is 5.25 Å². The summed E-state index contributed by atoms with van der Waals surface area (Å²) < 4.78 is 12.3. The molecule has 54 valence electrons. The van der Waals surface area contributed by atoms with Gasteiger partial charge in [0.25, 0.3) is 0 Å². The van der Waals surface area contributed by atoms with Gasteiger partial charge in [-0.1, -0.05) is 12.1 Å². The van der Waals surface area contributed by atoms with Crippen LogP contribution in [0.2, 0.25) is 0 Å². The molecule has 0 spiro atoms. The Morgan fingerprint density at radius 2 is 1.80 bits per heavy atom. The maximum atomic E-state index is 12.3. The Labute approximate surface area is 65.5 Å². The predicted molar refractivity (Wildman–Crippen MR) is 43.8 cm³/mol. The highest BCUT2D eigenvalue weighted by Gasteiger charge is 1.97. The first-order chi connectivity index (χ1) is 4.70. The smallest absolute Gasteiger partial charge is 0.123 e. The second-order valence-corrected chi connectivity index (χ2v) is 3.00. The van der Waals surface area contributed by atoms with Crippen molar-refractivity contribution in [2.75, 3.05) is 0 Å². The molecule has 0 N–H and O–H groups in total. The molecule has 2 heteroatoms. The molecule has 0 heterocycles. The van der Waals surface area contributed by atoms with Gasteiger partial charge in [-0.15, -0.1) is 0 Å². The standard InChI is InChI=1S/C8H9FS/c1-6(10)7-2-4-8(9)5-3-7/h2-6,10H,1H3/t6-/m1/s1. The molecule has 0 saturated carbocycles. The largest absolute Gasteiger partial charge is 0.207 e. The summed E-state index contributed by atoms with van der Waals surface area (Å²) in [4.78, 5) is 0. The highest BCUT2D eigenvalue weighted by Crippen LogP contribution is 2.18. The number of hydrogen-bond acceptors (Lipinski definition) is 1. The summed E-state index contributed by atoms with van der Waals surface area (Å²) >= 11 is 4.20. The van der Waals surface area contributed by atoms with E-state index in [1.165, 1.54) is 12.1 Å². The summed E-state index contributed by atoms with van der Waals surface area (Å²) in [5.41, 5.74) is 1.05. The lowest BCUT2D eigenvalue weighted by Crippen LogP contribution is -1.83. The van der Waals surface area contributed by atoms with Crippen LogP contribution in [0, 0.1) is 5.82 Å². The molecular formula is C8H9FS. The van der Waals surface area contributed by atoms with Crippen molar-refractivity contribution in [2.45, 2.75) is 12.2 Å². The molecule has 1 aromatic rings. The predicted octanol–water partition coefficient (Wildman–Crippen LogP) is 2.82. The van der Waals surface area contributed by atoms with Crippen molar-refractivity contribution in [2.24, 2.45) is 0 Å². The molecule has 10 heavy (non-hydrogen) atoms. The molecule has 0 nitrogen and oxygen atoms in total. The lowest BCUT2D eigenvalue weighted by Gasteiger charge is -2.01. The summed E-state index contributed by atoms with van der Waals surface area (Å²) in [7, 11) is 0. The van der Waals surface area contributed by atoms with Crippen molar-refractivity contribution < 1.29 is 4.39 Å². The van der Waals surface area contributed by atoms with Gasteiger partial charge in [0.2, 0.25) is 0 Å². The van der Waals surface area contributed by atoms with E-state index in [9.17, 15) is 4.39 Å². The second kappa shape index (κ2) is 3.06. The van der Waals surface area contributed by atoms with Crippen molar-refractivity contribution in [1.82, 2.24) is 0 Å². The van der Waals surface area contributed by atoms with Crippen LogP contribution in [0.3, 0.4) is 0 Å². The van der Waals surface area contributed by atoms with Gasteiger partial charge in [0.15, 0.2) is 0 Å². The van der Waals surface area contributed by atoms with Gasteiger partial charge in [-0.2, -0.15) is 12.6 Å². The molecule has 0 bridgehead atoms. The summed E-state index contributed by atoms with van der Waals surface area (Å²) in [6.07, 6.45) is 0. The Hall–Kier alpha value is -0.500. The van der Waals surface area contributed by atoms with Crippen LogP contribution in [-0.2, 0) is 0 Å². The van der Waals surface area contributed by atoms with Crippen LogP contribution in [0.1, 0.15) is 17.7 Å². The van der Waals surface area contributed by atoms with Crippen LogP contribution in [-0.4, -0.2) is 0 Å². The third-order valence-corrected chi connectivity index (χ3v) is 1.65. The van der Waals surface area contributed by atoms with Crippen LogP contribution in [0.5, 0.6) is 0 Å². The molecule has 0 radical (unpaired) electrons. The fourth-order valence-electron chi connectivity index (χ4n) is 0.741. The monoisotopic (exact) mass is 156 g/mol. The lowest BCUT2D eigenvalue weighted by atomic mass is 10.2. The average molecular weight is 156 g/mol. The molecule has 1 aromatic carbocycles. The average Bonchev–Trinajstić information content (AvgIpc) is 1.88. The molecule has 0 aliphatic carbocycles. The maximum Gasteiger partial charge on any atom is 0.123 e. The van der Waals surface area contributed by atoms with Crippen molar-refractivity contribution in [3.05, 3.63) is 35.6 Å². The number of benzene rings is 1. The quantitative estimate of drug-likeness (QED) is 0.594. The van der Waals surface area contributed by atoms with Gasteiger partial charge >= 0.3 is 0 Å². The van der Waals surface area contributed by atoms with E-state index in [1.807, 2.05) is 6.92 Å². The van der Waals surface area contributed by atoms with Crippen molar-refractivity contribution in [3.63, 3.8) is 0 Å². The third kappa shape index (κ3) is 1.74. The van der Waals surface area contributed by atoms with E-state index in [1.54, 1.807) is 12.1 Å². The fraction of sp³-hybridized carbons (Fsp3) is 0.250. The van der Waals surface area contributed by atoms with Gasteiger partial charge in [0.1, 0.15) is 5.82 Å². The highest BCUT2D eigenvalue weighted by atomic mass is 32.1. The molecule has 0 aliphatic heterocycles. The van der Waals surface area contributed by atoms with E-state index in [0.717, 1.165) is 5.56 Å². The first kappa shape index (κ1) is 7.61. The second-order valence-electron chi connectivity index (χ2n) is 2.23. The summed E-state index contributed by atoms with van der Waals surface area (Å²) in [5.74, 6) is -0.197. The number of hydrogen-bond donors (Lipinski definition) is 1. The van der Waals surface area contributed by atoms with Crippen LogP contribution in [0.25, 0.3) is 0 Å². The number of thiol groups is 1. The Morgan fingerprint density at radius 3 is 2.20 bits per heavy atom. The molecular weight excluding hydrogens is 147 g/mol. The normalized spacial score (nSPS) is 13.1. The molecule has 0 saturated heterocycles. The topological polar surface area (TPSA) is 0 Å². The van der Waals surface area contributed by atoms with Crippen molar-refractivity contribution in [1.29, 1.82) is 0 Å². The first-order valence-electron chi connectivity index (χ1n) is 3.13. The fourth-order valence-corrected chi connectivity index (χ4v) is 0.913. The first-order valence-corrected chi connectivity index (χ1v) is 3.65. The van der Waals surface area contributed by atoms with E-state index < -0.39 is 0 Å². The van der Waals surface area contributed by atoms with Gasteiger partial charge in [-0.3, -0.25) is 0 Å². The molecule has 1 atom stereocenters.